The minimum Gasteiger partial charge on any atom is -0.395 e. The van der Waals surface area contributed by atoms with Crippen molar-refractivity contribution in [2.75, 3.05) is 51.2 Å². The molecule has 1 saturated heterocycles. The summed E-state index contributed by atoms with van der Waals surface area (Å²) in [4.78, 5) is 13.7. The van der Waals surface area contributed by atoms with Crippen molar-refractivity contribution < 1.29 is 13.9 Å². The van der Waals surface area contributed by atoms with Crippen LogP contribution in [0.5, 0.6) is 0 Å². The molecule has 190 valence electrons. The molecule has 0 saturated carbocycles. The molecule has 4 rings (SSSR count). The molecule has 1 aromatic carbocycles. The predicted octanol–water partition coefficient (Wildman–Crippen LogP) is 4.05. The van der Waals surface area contributed by atoms with Crippen LogP contribution in [0.2, 0.25) is 5.02 Å². The van der Waals surface area contributed by atoms with E-state index < -0.39 is 11.6 Å². The first-order valence-electron chi connectivity index (χ1n) is 11.8. The van der Waals surface area contributed by atoms with Gasteiger partial charge >= 0.3 is 0 Å². The minimum absolute atomic E-state index is 0.145. The number of nitrogens with zero attached hydrogens (tertiary/aromatic N) is 4. The zero-order chi connectivity index (χ0) is 25.8. The largest absolute Gasteiger partial charge is 0.395 e. The van der Waals surface area contributed by atoms with Crippen LogP contribution in [0.3, 0.4) is 0 Å². The average molecular weight is 515 g/mol. The first-order valence-corrected chi connectivity index (χ1v) is 12.2. The molecular weight excluding hydrogens is 486 g/mol. The van der Waals surface area contributed by atoms with Gasteiger partial charge in [0.1, 0.15) is 11.6 Å². The maximum atomic E-state index is 14.3. The summed E-state index contributed by atoms with van der Waals surface area (Å²) in [5, 5.41) is 20.8. The molecule has 1 atom stereocenters. The van der Waals surface area contributed by atoms with E-state index in [0.717, 1.165) is 51.0 Å². The van der Waals surface area contributed by atoms with Crippen LogP contribution in [0.25, 0.3) is 16.6 Å². The summed E-state index contributed by atoms with van der Waals surface area (Å²) in [5.74, 6) is -1.77. The standard InChI is InChI=1S/C26H29ClF2N6O/c1-16(15-36)35-9-7-34(8-10-35)6-5-31-18-11-25-24(32-14-18)4-3-23(33-25)17(2)26(30)19-12-20(27)22(29)13-21(19)28/h3-4,11-14,16,30-31,36H,2,5-10,15H2,1H3. The number of rotatable bonds is 9. The number of allylic oxidation sites excluding steroid dienone is 1. The second-order valence-electron chi connectivity index (χ2n) is 8.89. The fourth-order valence-electron chi connectivity index (χ4n) is 4.18. The molecular formula is C26H29ClF2N6O. The molecule has 3 N–H and O–H groups in total. The van der Waals surface area contributed by atoms with Gasteiger partial charge in [0.2, 0.25) is 0 Å². The summed E-state index contributed by atoms with van der Waals surface area (Å²) in [7, 11) is 0. The highest BCUT2D eigenvalue weighted by Crippen LogP contribution is 2.25. The number of fused-ring (bicyclic) bond motifs is 1. The number of halogens is 3. The fraction of sp³-hybridized carbons (Fsp3) is 0.346. The Kier molecular flexibility index (Phi) is 8.25. The Balaban J connectivity index is 1.40. The summed E-state index contributed by atoms with van der Waals surface area (Å²) >= 11 is 5.78. The molecule has 7 nitrogen and oxygen atoms in total. The van der Waals surface area contributed by atoms with Crippen LogP contribution in [0.15, 0.2) is 43.1 Å². The maximum absolute atomic E-state index is 14.3. The van der Waals surface area contributed by atoms with E-state index in [-0.39, 0.29) is 34.5 Å². The smallest absolute Gasteiger partial charge is 0.144 e. The molecule has 3 heterocycles. The van der Waals surface area contributed by atoms with Crippen molar-refractivity contribution in [1.29, 1.82) is 5.41 Å². The van der Waals surface area contributed by atoms with Crippen LogP contribution in [0.1, 0.15) is 18.2 Å². The van der Waals surface area contributed by atoms with E-state index in [1.54, 1.807) is 18.3 Å². The molecule has 1 fully saturated rings. The van der Waals surface area contributed by atoms with Gasteiger partial charge in [0.25, 0.3) is 0 Å². The number of benzene rings is 1. The number of piperazine rings is 1. The predicted molar refractivity (Wildman–Crippen MR) is 140 cm³/mol. The van der Waals surface area contributed by atoms with Crippen molar-refractivity contribution in [1.82, 2.24) is 19.8 Å². The van der Waals surface area contributed by atoms with Gasteiger partial charge in [-0.1, -0.05) is 18.2 Å². The third kappa shape index (κ3) is 5.87. The number of hydrogen-bond donors (Lipinski definition) is 3. The SMILES string of the molecule is C=C(C(=N)c1cc(Cl)c(F)cc1F)c1ccc2ncc(NCCN3CCN(C(C)CO)CC3)cc2n1. The van der Waals surface area contributed by atoms with Crippen LogP contribution >= 0.6 is 11.6 Å². The Morgan fingerprint density at radius 3 is 2.64 bits per heavy atom. The number of aromatic nitrogens is 2. The topological polar surface area (TPSA) is 88.4 Å². The Morgan fingerprint density at radius 2 is 1.92 bits per heavy atom. The number of pyridine rings is 2. The number of hydrogen-bond acceptors (Lipinski definition) is 7. The number of anilines is 1. The lowest BCUT2D eigenvalue weighted by Gasteiger charge is -2.37. The van der Waals surface area contributed by atoms with Crippen molar-refractivity contribution in [3.63, 3.8) is 0 Å². The summed E-state index contributed by atoms with van der Waals surface area (Å²) < 4.78 is 27.8. The molecule has 0 amide bonds. The van der Waals surface area contributed by atoms with Gasteiger partial charge in [0, 0.05) is 62.5 Å². The van der Waals surface area contributed by atoms with Gasteiger partial charge in [-0.15, -0.1) is 0 Å². The zero-order valence-electron chi connectivity index (χ0n) is 20.1. The van der Waals surface area contributed by atoms with Crippen molar-refractivity contribution in [2.24, 2.45) is 0 Å². The molecule has 1 aliphatic heterocycles. The van der Waals surface area contributed by atoms with Crippen LogP contribution in [-0.4, -0.2) is 82.5 Å². The summed E-state index contributed by atoms with van der Waals surface area (Å²) in [5.41, 5.74) is 2.30. The number of nitrogens with one attached hydrogen (secondary N) is 2. The Labute approximate surface area is 213 Å². The molecule has 0 spiro atoms. The Morgan fingerprint density at radius 1 is 1.17 bits per heavy atom. The summed E-state index contributed by atoms with van der Waals surface area (Å²) in [6, 6.07) is 7.24. The van der Waals surface area contributed by atoms with Crippen LogP contribution < -0.4 is 5.32 Å². The van der Waals surface area contributed by atoms with Gasteiger partial charge in [-0.25, -0.2) is 13.8 Å². The second-order valence-corrected chi connectivity index (χ2v) is 9.30. The number of aliphatic hydroxyl groups is 1. The van der Waals surface area contributed by atoms with Gasteiger partial charge in [0.05, 0.1) is 46.0 Å². The Bertz CT molecular complexity index is 1280. The van der Waals surface area contributed by atoms with E-state index in [2.05, 4.69) is 31.7 Å². The first-order chi connectivity index (χ1) is 17.3. The summed E-state index contributed by atoms with van der Waals surface area (Å²) in [6.07, 6.45) is 1.75. The third-order valence-electron chi connectivity index (χ3n) is 6.48. The molecule has 1 unspecified atom stereocenters. The van der Waals surface area contributed by atoms with Gasteiger partial charge in [-0.2, -0.15) is 0 Å². The van der Waals surface area contributed by atoms with Crippen molar-refractivity contribution in [3.8, 4) is 0 Å². The molecule has 0 bridgehead atoms. The van der Waals surface area contributed by atoms with E-state index in [1.165, 1.54) is 0 Å². The van der Waals surface area contributed by atoms with Crippen molar-refractivity contribution in [2.45, 2.75) is 13.0 Å². The number of aliphatic hydroxyl groups excluding tert-OH is 1. The lowest BCUT2D eigenvalue weighted by atomic mass is 10.00. The first kappa shape index (κ1) is 26.1. The maximum Gasteiger partial charge on any atom is 0.144 e. The van der Waals surface area contributed by atoms with Crippen LogP contribution in [-0.2, 0) is 0 Å². The average Bonchev–Trinajstić information content (AvgIpc) is 2.89. The van der Waals surface area contributed by atoms with Crippen LogP contribution in [0.4, 0.5) is 14.5 Å². The molecule has 0 aliphatic carbocycles. The van der Waals surface area contributed by atoms with Gasteiger partial charge in [-0.3, -0.25) is 20.2 Å². The fourth-order valence-corrected chi connectivity index (χ4v) is 4.34. The third-order valence-corrected chi connectivity index (χ3v) is 6.77. The van der Waals surface area contributed by atoms with Gasteiger partial charge in [-0.05, 0) is 31.2 Å². The highest BCUT2D eigenvalue weighted by molar-refractivity contribution is 6.33. The van der Waals surface area contributed by atoms with E-state index >= 15 is 0 Å². The molecule has 2 aromatic heterocycles. The lowest BCUT2D eigenvalue weighted by molar-refractivity contribution is 0.0751. The molecule has 36 heavy (non-hydrogen) atoms. The second kappa shape index (κ2) is 11.4. The normalized spacial score (nSPS) is 15.7. The van der Waals surface area contributed by atoms with Crippen molar-refractivity contribution >= 4 is 39.6 Å². The van der Waals surface area contributed by atoms with Gasteiger partial charge < -0.3 is 10.4 Å². The van der Waals surface area contributed by atoms with E-state index in [9.17, 15) is 13.9 Å². The van der Waals surface area contributed by atoms with E-state index in [1.807, 2.05) is 13.0 Å². The minimum atomic E-state index is -0.888. The summed E-state index contributed by atoms with van der Waals surface area (Å²) in [6.45, 7) is 11.5. The Hall–Kier alpha value is -2.98. The highest BCUT2D eigenvalue weighted by Gasteiger charge is 2.20. The molecule has 0 radical (unpaired) electrons. The van der Waals surface area contributed by atoms with Crippen LogP contribution in [0, 0.1) is 17.0 Å². The van der Waals surface area contributed by atoms with E-state index in [4.69, 9.17) is 17.0 Å². The molecule has 3 aromatic rings. The molecule has 10 heteroatoms. The van der Waals surface area contributed by atoms with E-state index in [0.29, 0.717) is 22.8 Å². The van der Waals surface area contributed by atoms with Gasteiger partial charge in [0.15, 0.2) is 0 Å². The van der Waals surface area contributed by atoms with Crippen molar-refractivity contribution in [3.05, 3.63) is 71.0 Å². The monoisotopic (exact) mass is 514 g/mol. The zero-order valence-corrected chi connectivity index (χ0v) is 20.8. The lowest BCUT2D eigenvalue weighted by Crippen LogP contribution is -2.51. The molecule has 1 aliphatic rings. The quantitative estimate of drug-likeness (QED) is 0.295. The highest BCUT2D eigenvalue weighted by atomic mass is 35.5.